The number of hydrogen-bond acceptors (Lipinski definition) is 3. The lowest BCUT2D eigenvalue weighted by molar-refractivity contribution is -0.143. The Morgan fingerprint density at radius 3 is 2.94 bits per heavy atom. The molecule has 0 bridgehead atoms. The summed E-state index contributed by atoms with van der Waals surface area (Å²) in [5, 5.41) is 3.05. The maximum absolute atomic E-state index is 13.0. The highest BCUT2D eigenvalue weighted by Gasteiger charge is 2.11. The van der Waals surface area contributed by atoms with Crippen LogP contribution in [0.3, 0.4) is 0 Å². The van der Waals surface area contributed by atoms with Crippen LogP contribution in [0.25, 0.3) is 0 Å². The fraction of sp³-hybridized carbons (Fsp3) is 0.417. The standard InChI is InChI=1S/C12H15BrFNO2/c1-3-17-12(16)6-8(2)15-11-7-9(14)4-5-10(11)13/h4-5,7-8,15H,3,6H2,1-2H3. The van der Waals surface area contributed by atoms with Crippen molar-refractivity contribution in [3.63, 3.8) is 0 Å². The Bertz CT molecular complexity index is 398. The minimum Gasteiger partial charge on any atom is -0.466 e. The summed E-state index contributed by atoms with van der Waals surface area (Å²) in [7, 11) is 0. The van der Waals surface area contributed by atoms with E-state index in [0.29, 0.717) is 12.3 Å². The molecule has 0 spiro atoms. The van der Waals surface area contributed by atoms with Gasteiger partial charge in [-0.25, -0.2) is 4.39 Å². The lowest BCUT2D eigenvalue weighted by Crippen LogP contribution is -2.21. The van der Waals surface area contributed by atoms with E-state index in [1.54, 1.807) is 13.0 Å². The molecule has 0 aliphatic rings. The minimum atomic E-state index is -0.320. The van der Waals surface area contributed by atoms with Crippen molar-refractivity contribution < 1.29 is 13.9 Å². The Labute approximate surface area is 108 Å². The van der Waals surface area contributed by atoms with E-state index in [-0.39, 0.29) is 24.2 Å². The van der Waals surface area contributed by atoms with E-state index < -0.39 is 0 Å². The van der Waals surface area contributed by atoms with E-state index in [2.05, 4.69) is 21.2 Å². The van der Waals surface area contributed by atoms with Crippen LogP contribution < -0.4 is 5.32 Å². The van der Waals surface area contributed by atoms with Gasteiger partial charge in [0.2, 0.25) is 0 Å². The zero-order valence-electron chi connectivity index (χ0n) is 9.80. The molecule has 1 atom stereocenters. The largest absolute Gasteiger partial charge is 0.466 e. The Balaban J connectivity index is 2.58. The van der Waals surface area contributed by atoms with Crippen molar-refractivity contribution >= 4 is 27.6 Å². The second-order valence-corrected chi connectivity index (χ2v) is 4.53. The Morgan fingerprint density at radius 1 is 1.59 bits per heavy atom. The van der Waals surface area contributed by atoms with Gasteiger partial charge >= 0.3 is 5.97 Å². The van der Waals surface area contributed by atoms with Gasteiger partial charge in [-0.1, -0.05) is 0 Å². The van der Waals surface area contributed by atoms with E-state index in [1.165, 1.54) is 12.1 Å². The van der Waals surface area contributed by atoms with Crippen molar-refractivity contribution in [2.45, 2.75) is 26.3 Å². The van der Waals surface area contributed by atoms with Crippen LogP contribution in [-0.4, -0.2) is 18.6 Å². The molecule has 0 saturated carbocycles. The van der Waals surface area contributed by atoms with Crippen LogP contribution in [0.15, 0.2) is 22.7 Å². The number of halogens is 2. The first-order chi connectivity index (χ1) is 8.02. The van der Waals surface area contributed by atoms with Crippen LogP contribution in [0.2, 0.25) is 0 Å². The predicted molar refractivity (Wildman–Crippen MR) is 68.4 cm³/mol. The smallest absolute Gasteiger partial charge is 0.307 e. The van der Waals surface area contributed by atoms with Gasteiger partial charge in [0.05, 0.1) is 18.7 Å². The molecule has 0 aromatic heterocycles. The van der Waals surface area contributed by atoms with Crippen molar-refractivity contribution in [3.05, 3.63) is 28.5 Å². The normalized spacial score (nSPS) is 12.0. The molecule has 1 aromatic carbocycles. The highest BCUT2D eigenvalue weighted by molar-refractivity contribution is 9.10. The van der Waals surface area contributed by atoms with Crippen LogP contribution >= 0.6 is 15.9 Å². The van der Waals surface area contributed by atoms with Gasteiger partial charge < -0.3 is 10.1 Å². The molecule has 1 unspecified atom stereocenters. The summed E-state index contributed by atoms with van der Waals surface area (Å²) in [6.45, 7) is 3.97. The van der Waals surface area contributed by atoms with Gasteiger partial charge in [-0.15, -0.1) is 0 Å². The lowest BCUT2D eigenvalue weighted by Gasteiger charge is -2.15. The number of anilines is 1. The molecule has 0 aliphatic heterocycles. The molecule has 1 aromatic rings. The van der Waals surface area contributed by atoms with Crippen molar-refractivity contribution in [1.29, 1.82) is 0 Å². The molecule has 17 heavy (non-hydrogen) atoms. The number of ether oxygens (including phenoxy) is 1. The summed E-state index contributed by atoms with van der Waals surface area (Å²) in [4.78, 5) is 11.2. The molecule has 94 valence electrons. The molecule has 5 heteroatoms. The van der Waals surface area contributed by atoms with E-state index in [0.717, 1.165) is 4.47 Å². The Kier molecular flexibility index (Phi) is 5.41. The van der Waals surface area contributed by atoms with Gasteiger partial charge in [0, 0.05) is 10.5 Å². The van der Waals surface area contributed by atoms with Gasteiger partial charge in [0.25, 0.3) is 0 Å². The quantitative estimate of drug-likeness (QED) is 0.848. The fourth-order valence-corrected chi connectivity index (χ4v) is 1.76. The number of nitrogens with one attached hydrogen (secondary N) is 1. The van der Waals surface area contributed by atoms with Gasteiger partial charge in [0.15, 0.2) is 0 Å². The monoisotopic (exact) mass is 303 g/mol. The van der Waals surface area contributed by atoms with Crippen LogP contribution in [0.5, 0.6) is 0 Å². The second kappa shape index (κ2) is 6.59. The van der Waals surface area contributed by atoms with Crippen LogP contribution in [0, 0.1) is 5.82 Å². The molecule has 0 radical (unpaired) electrons. The number of esters is 1. The van der Waals surface area contributed by atoms with Crippen molar-refractivity contribution in [2.75, 3.05) is 11.9 Å². The molecule has 0 aliphatic carbocycles. The lowest BCUT2D eigenvalue weighted by atomic mass is 10.2. The van der Waals surface area contributed by atoms with E-state index in [4.69, 9.17) is 4.74 Å². The SMILES string of the molecule is CCOC(=O)CC(C)Nc1cc(F)ccc1Br. The van der Waals surface area contributed by atoms with Crippen molar-refractivity contribution in [2.24, 2.45) is 0 Å². The van der Waals surface area contributed by atoms with Crippen LogP contribution in [-0.2, 0) is 9.53 Å². The predicted octanol–water partition coefficient (Wildman–Crippen LogP) is 3.34. The third-order valence-electron chi connectivity index (χ3n) is 2.11. The molecule has 0 fully saturated rings. The first-order valence-electron chi connectivity index (χ1n) is 5.40. The van der Waals surface area contributed by atoms with E-state index in [1.807, 2.05) is 6.92 Å². The second-order valence-electron chi connectivity index (χ2n) is 3.68. The molecule has 1 rings (SSSR count). The third kappa shape index (κ3) is 4.73. The summed E-state index contributed by atoms with van der Waals surface area (Å²) in [6, 6.07) is 4.25. The minimum absolute atomic E-state index is 0.118. The molecule has 3 nitrogen and oxygen atoms in total. The first-order valence-corrected chi connectivity index (χ1v) is 6.19. The van der Waals surface area contributed by atoms with Crippen LogP contribution in [0.1, 0.15) is 20.3 Å². The number of carbonyl (C=O) groups is 1. The van der Waals surface area contributed by atoms with E-state index in [9.17, 15) is 9.18 Å². The number of carbonyl (C=O) groups excluding carboxylic acids is 1. The number of benzene rings is 1. The molecule has 0 amide bonds. The average Bonchev–Trinajstić information content (AvgIpc) is 2.23. The summed E-state index contributed by atoms with van der Waals surface area (Å²) >= 11 is 3.31. The topological polar surface area (TPSA) is 38.3 Å². The maximum Gasteiger partial charge on any atom is 0.307 e. The van der Waals surface area contributed by atoms with Crippen molar-refractivity contribution in [3.8, 4) is 0 Å². The van der Waals surface area contributed by atoms with Crippen LogP contribution in [0.4, 0.5) is 10.1 Å². The van der Waals surface area contributed by atoms with Gasteiger partial charge in [-0.3, -0.25) is 4.79 Å². The average molecular weight is 304 g/mol. The fourth-order valence-electron chi connectivity index (χ4n) is 1.39. The summed E-state index contributed by atoms with van der Waals surface area (Å²) < 4.78 is 18.6. The molecule has 0 heterocycles. The summed E-state index contributed by atoms with van der Waals surface area (Å²) in [6.07, 6.45) is 0.247. The summed E-state index contributed by atoms with van der Waals surface area (Å²) in [5.41, 5.74) is 0.627. The zero-order valence-corrected chi connectivity index (χ0v) is 11.4. The molecular weight excluding hydrogens is 289 g/mol. The number of hydrogen-bond donors (Lipinski definition) is 1. The third-order valence-corrected chi connectivity index (χ3v) is 2.80. The molecule has 0 saturated heterocycles. The van der Waals surface area contributed by atoms with Gasteiger partial charge in [-0.05, 0) is 48.0 Å². The molecule has 1 N–H and O–H groups in total. The Morgan fingerprint density at radius 2 is 2.29 bits per heavy atom. The number of rotatable bonds is 5. The highest BCUT2D eigenvalue weighted by Crippen LogP contribution is 2.24. The van der Waals surface area contributed by atoms with E-state index >= 15 is 0 Å². The van der Waals surface area contributed by atoms with Crippen molar-refractivity contribution in [1.82, 2.24) is 0 Å². The highest BCUT2D eigenvalue weighted by atomic mass is 79.9. The molecular formula is C12H15BrFNO2. The zero-order chi connectivity index (χ0) is 12.8. The first kappa shape index (κ1) is 14.0. The Hall–Kier alpha value is -1.10. The summed E-state index contributed by atoms with van der Waals surface area (Å²) in [5.74, 6) is -0.584. The van der Waals surface area contributed by atoms with Gasteiger partial charge in [-0.2, -0.15) is 0 Å². The van der Waals surface area contributed by atoms with Gasteiger partial charge in [0.1, 0.15) is 5.82 Å². The maximum atomic E-state index is 13.0.